The molecule has 4 heterocycles. The molecule has 0 fully saturated rings. The van der Waals surface area contributed by atoms with Crippen LogP contribution >= 0.6 is 23.2 Å². The van der Waals surface area contributed by atoms with Gasteiger partial charge in [0.1, 0.15) is 11.4 Å². The second kappa shape index (κ2) is 13.3. The van der Waals surface area contributed by atoms with Crippen molar-refractivity contribution in [1.29, 1.82) is 0 Å². The van der Waals surface area contributed by atoms with Gasteiger partial charge in [-0.3, -0.25) is 14.8 Å². The molecule has 0 aliphatic carbocycles. The maximum absolute atomic E-state index is 13.9. The van der Waals surface area contributed by atoms with E-state index in [9.17, 15) is 4.79 Å². The maximum atomic E-state index is 13.9. The van der Waals surface area contributed by atoms with Gasteiger partial charge in [0, 0.05) is 66.5 Å². The van der Waals surface area contributed by atoms with E-state index in [-0.39, 0.29) is 5.78 Å². The highest BCUT2D eigenvalue weighted by Gasteiger charge is 2.18. The summed E-state index contributed by atoms with van der Waals surface area (Å²) in [5.41, 5.74) is 4.70. The lowest BCUT2D eigenvalue weighted by molar-refractivity contribution is 0.103. The van der Waals surface area contributed by atoms with Crippen molar-refractivity contribution in [3.63, 3.8) is 0 Å². The van der Waals surface area contributed by atoms with Gasteiger partial charge in [-0.25, -0.2) is 0 Å². The third kappa shape index (κ3) is 6.19. The van der Waals surface area contributed by atoms with Crippen LogP contribution in [0.15, 0.2) is 134 Å². The first-order valence-corrected chi connectivity index (χ1v) is 16.3. The summed E-state index contributed by atoms with van der Waals surface area (Å²) in [6.45, 7) is 0. The van der Waals surface area contributed by atoms with Crippen LogP contribution in [-0.4, -0.2) is 36.1 Å². The van der Waals surface area contributed by atoms with Crippen LogP contribution < -0.4 is 10.6 Å². The summed E-state index contributed by atoms with van der Waals surface area (Å²) in [6, 6.07) is 37.1. The van der Waals surface area contributed by atoms with Gasteiger partial charge in [-0.15, -0.1) is 20.4 Å². The number of anilines is 4. The van der Waals surface area contributed by atoms with E-state index in [4.69, 9.17) is 23.2 Å². The lowest BCUT2D eigenvalue weighted by atomic mass is 10.0. The number of rotatable bonds is 8. The van der Waals surface area contributed by atoms with Crippen molar-refractivity contribution >= 4 is 73.5 Å². The molecular formula is C39H24Cl2N8O. The van der Waals surface area contributed by atoms with E-state index in [0.717, 1.165) is 32.9 Å². The van der Waals surface area contributed by atoms with Crippen molar-refractivity contribution in [3.05, 3.63) is 155 Å². The molecule has 8 aromatic rings. The summed E-state index contributed by atoms with van der Waals surface area (Å²) in [5, 5.41) is 29.3. The average molecular weight is 692 g/mol. The predicted octanol–water partition coefficient (Wildman–Crippen LogP) is 9.72. The number of hydrogen-bond acceptors (Lipinski definition) is 9. The zero-order valence-electron chi connectivity index (χ0n) is 26.0. The van der Waals surface area contributed by atoms with Crippen molar-refractivity contribution in [2.24, 2.45) is 0 Å². The fourth-order valence-electron chi connectivity index (χ4n) is 5.68. The van der Waals surface area contributed by atoms with E-state index in [2.05, 4.69) is 41.0 Å². The van der Waals surface area contributed by atoms with Crippen LogP contribution in [0, 0.1) is 0 Å². The molecule has 0 aliphatic heterocycles. The zero-order valence-corrected chi connectivity index (χ0v) is 27.6. The van der Waals surface area contributed by atoms with Gasteiger partial charge in [-0.05, 0) is 72.8 Å². The molecule has 9 nitrogen and oxygen atoms in total. The van der Waals surface area contributed by atoms with Crippen molar-refractivity contribution in [3.8, 4) is 22.8 Å². The van der Waals surface area contributed by atoms with E-state index in [1.54, 1.807) is 60.9 Å². The molecule has 8 rings (SSSR count). The Morgan fingerprint density at radius 1 is 0.480 bits per heavy atom. The van der Waals surface area contributed by atoms with Crippen molar-refractivity contribution in [2.45, 2.75) is 0 Å². The highest BCUT2D eigenvalue weighted by molar-refractivity contribution is 6.31. The molecule has 0 aliphatic rings. The summed E-state index contributed by atoms with van der Waals surface area (Å²) in [4.78, 5) is 23.1. The predicted molar refractivity (Wildman–Crippen MR) is 198 cm³/mol. The number of halogens is 2. The first-order valence-electron chi connectivity index (χ1n) is 15.5. The Morgan fingerprint density at radius 2 is 0.880 bits per heavy atom. The Hall–Kier alpha value is -6.29. The Labute approximate surface area is 296 Å². The minimum absolute atomic E-state index is 0.200. The van der Waals surface area contributed by atoms with Gasteiger partial charge in [-0.1, -0.05) is 71.7 Å². The molecule has 0 atom stereocenters. The summed E-state index contributed by atoms with van der Waals surface area (Å²) in [5.74, 6) is 0.981. The molecule has 0 saturated carbocycles. The molecule has 11 heteroatoms. The lowest BCUT2D eigenvalue weighted by Crippen LogP contribution is -2.05. The molecule has 240 valence electrons. The fraction of sp³-hybridized carbons (Fsp3) is 0. The standard InChI is InChI=1S/C39H24Cl2N8O/c40-25-9-13-27(14-10-25)44-38-31-7-3-1-5-29(31)35(46-48-38)33-21-23(17-19-42-33)37(50)24-18-20-43-34(22-24)36-30-6-2-4-8-32(30)39(49-47-36)45-28-15-11-26(41)12-16-28/h1-22H,(H,44,48)(H,45,49). The number of fused-ring (bicyclic) bond motifs is 2. The van der Waals surface area contributed by atoms with Gasteiger partial charge in [0.25, 0.3) is 0 Å². The molecule has 0 spiro atoms. The maximum Gasteiger partial charge on any atom is 0.193 e. The smallest absolute Gasteiger partial charge is 0.193 e. The van der Waals surface area contributed by atoms with Crippen LogP contribution in [0.5, 0.6) is 0 Å². The minimum Gasteiger partial charge on any atom is -0.338 e. The second-order valence-electron chi connectivity index (χ2n) is 11.3. The molecule has 0 saturated heterocycles. The number of pyridine rings is 2. The molecule has 0 amide bonds. The second-order valence-corrected chi connectivity index (χ2v) is 12.2. The van der Waals surface area contributed by atoms with E-state index >= 15 is 0 Å². The summed E-state index contributed by atoms with van der Waals surface area (Å²) >= 11 is 12.1. The first kappa shape index (κ1) is 31.0. The number of nitrogens with zero attached hydrogens (tertiary/aromatic N) is 6. The van der Waals surface area contributed by atoms with Crippen LogP contribution in [0.2, 0.25) is 10.0 Å². The molecule has 0 radical (unpaired) electrons. The minimum atomic E-state index is -0.200. The Kier molecular flexibility index (Phi) is 8.26. The van der Waals surface area contributed by atoms with Crippen LogP contribution in [-0.2, 0) is 0 Å². The molecular weight excluding hydrogens is 667 g/mol. The van der Waals surface area contributed by atoms with Crippen LogP contribution in [0.1, 0.15) is 15.9 Å². The van der Waals surface area contributed by atoms with Gasteiger partial charge >= 0.3 is 0 Å². The third-order valence-electron chi connectivity index (χ3n) is 8.12. The number of benzene rings is 4. The third-order valence-corrected chi connectivity index (χ3v) is 8.62. The summed E-state index contributed by atoms with van der Waals surface area (Å²) < 4.78 is 0. The van der Waals surface area contributed by atoms with E-state index in [1.165, 1.54) is 0 Å². The highest BCUT2D eigenvalue weighted by Crippen LogP contribution is 2.33. The quantitative estimate of drug-likeness (QED) is 0.150. The van der Waals surface area contributed by atoms with Crippen molar-refractivity contribution < 1.29 is 4.79 Å². The molecule has 4 aromatic heterocycles. The normalized spacial score (nSPS) is 11.1. The van der Waals surface area contributed by atoms with E-state index in [1.807, 2.05) is 72.8 Å². The number of ketones is 1. The van der Waals surface area contributed by atoms with Crippen LogP contribution in [0.3, 0.4) is 0 Å². The molecule has 4 aromatic carbocycles. The SMILES string of the molecule is O=C(c1ccnc(-c2nnc(Nc3ccc(Cl)cc3)c3ccccc23)c1)c1ccnc(-c2nnc(Nc3ccc(Cl)cc3)c3ccccc23)c1. The Morgan fingerprint density at radius 3 is 1.30 bits per heavy atom. The topological polar surface area (TPSA) is 118 Å². The van der Waals surface area contributed by atoms with Crippen LogP contribution in [0.4, 0.5) is 23.0 Å². The van der Waals surface area contributed by atoms with E-state index in [0.29, 0.717) is 55.6 Å². The number of aromatic nitrogens is 6. The lowest BCUT2D eigenvalue weighted by Gasteiger charge is -2.12. The largest absolute Gasteiger partial charge is 0.338 e. The molecule has 0 bridgehead atoms. The monoisotopic (exact) mass is 690 g/mol. The van der Waals surface area contributed by atoms with Gasteiger partial charge in [0.05, 0.1) is 11.4 Å². The Bertz CT molecular complexity index is 2370. The number of nitrogens with one attached hydrogen (secondary N) is 2. The van der Waals surface area contributed by atoms with Crippen molar-refractivity contribution in [1.82, 2.24) is 30.4 Å². The van der Waals surface area contributed by atoms with Gasteiger partial charge in [0.15, 0.2) is 17.4 Å². The van der Waals surface area contributed by atoms with Crippen LogP contribution in [0.25, 0.3) is 44.3 Å². The Balaban J connectivity index is 1.11. The van der Waals surface area contributed by atoms with Crippen molar-refractivity contribution in [2.75, 3.05) is 10.6 Å². The molecule has 50 heavy (non-hydrogen) atoms. The first-order chi connectivity index (χ1) is 24.5. The highest BCUT2D eigenvalue weighted by atomic mass is 35.5. The van der Waals surface area contributed by atoms with Gasteiger partial charge < -0.3 is 10.6 Å². The zero-order chi connectivity index (χ0) is 34.0. The number of hydrogen-bond donors (Lipinski definition) is 2. The number of carbonyl (C=O) groups excluding carboxylic acids is 1. The van der Waals surface area contributed by atoms with E-state index < -0.39 is 0 Å². The van der Waals surface area contributed by atoms with Gasteiger partial charge in [0.2, 0.25) is 0 Å². The molecule has 0 unspecified atom stereocenters. The fourth-order valence-corrected chi connectivity index (χ4v) is 5.93. The molecule has 2 N–H and O–H groups in total. The average Bonchev–Trinajstić information content (AvgIpc) is 3.16. The number of carbonyl (C=O) groups is 1. The summed E-state index contributed by atoms with van der Waals surface area (Å²) in [6.07, 6.45) is 3.21. The van der Waals surface area contributed by atoms with Gasteiger partial charge in [-0.2, -0.15) is 0 Å². The summed E-state index contributed by atoms with van der Waals surface area (Å²) in [7, 11) is 0.